The van der Waals surface area contributed by atoms with Crippen LogP contribution in [0.2, 0.25) is 5.02 Å². The number of hydrogen-bond donors (Lipinski definition) is 1. The van der Waals surface area contributed by atoms with Gasteiger partial charge in [0.2, 0.25) is 0 Å². The summed E-state index contributed by atoms with van der Waals surface area (Å²) in [5.74, 6) is 0.651. The molecule has 0 unspecified atom stereocenters. The fourth-order valence-electron chi connectivity index (χ4n) is 3.12. The second kappa shape index (κ2) is 7.90. The van der Waals surface area contributed by atoms with Crippen molar-refractivity contribution in [2.24, 2.45) is 5.92 Å². The maximum atomic E-state index is 12.7. The van der Waals surface area contributed by atoms with E-state index in [1.165, 1.54) is 24.3 Å². The summed E-state index contributed by atoms with van der Waals surface area (Å²) in [5.41, 5.74) is 1.73. The Hall–Kier alpha value is -2.05. The molecule has 1 N–H and O–H groups in total. The molecule has 0 radical (unpaired) electrons. The number of likely N-dealkylation sites (tertiary alicyclic amines) is 1. The molecule has 0 spiro atoms. The van der Waals surface area contributed by atoms with Crippen molar-refractivity contribution in [1.82, 2.24) is 4.90 Å². The van der Waals surface area contributed by atoms with Gasteiger partial charge in [-0.25, -0.2) is 8.42 Å². The van der Waals surface area contributed by atoms with Crippen LogP contribution in [0.1, 0.15) is 35.7 Å². The molecule has 0 aliphatic carbocycles. The van der Waals surface area contributed by atoms with Gasteiger partial charge in [0.25, 0.3) is 15.9 Å². The fraction of sp³-hybridized carbons (Fsp3) is 0.350. The molecule has 7 heteroatoms. The highest BCUT2D eigenvalue weighted by molar-refractivity contribution is 7.92. The lowest BCUT2D eigenvalue weighted by atomic mass is 9.98. The number of amides is 1. The second-order valence-corrected chi connectivity index (χ2v) is 9.18. The minimum absolute atomic E-state index is 0.00268. The van der Waals surface area contributed by atoms with Crippen molar-refractivity contribution in [1.29, 1.82) is 0 Å². The summed E-state index contributed by atoms with van der Waals surface area (Å²) in [6.07, 6.45) is 2.04. The van der Waals surface area contributed by atoms with Crippen molar-refractivity contribution >= 4 is 33.2 Å². The molecule has 1 saturated heterocycles. The van der Waals surface area contributed by atoms with Gasteiger partial charge in [0.15, 0.2) is 0 Å². The number of nitrogens with one attached hydrogen (secondary N) is 1. The highest BCUT2D eigenvalue weighted by atomic mass is 35.5. The largest absolute Gasteiger partial charge is 0.339 e. The van der Waals surface area contributed by atoms with E-state index in [0.29, 0.717) is 27.8 Å². The van der Waals surface area contributed by atoms with Crippen LogP contribution >= 0.6 is 11.6 Å². The van der Waals surface area contributed by atoms with E-state index in [1.807, 2.05) is 4.90 Å². The van der Waals surface area contributed by atoms with E-state index < -0.39 is 10.0 Å². The molecule has 1 amide bonds. The standard InChI is InChI=1S/C20H23ClN2O3S/c1-14-9-11-23(12-10-14)20(24)16-3-8-19(15(2)13-16)22-27(25,26)18-6-4-17(21)5-7-18/h3-8,13-14,22H,9-12H2,1-2H3. The monoisotopic (exact) mass is 406 g/mol. The zero-order valence-electron chi connectivity index (χ0n) is 15.4. The Kier molecular flexibility index (Phi) is 5.77. The van der Waals surface area contributed by atoms with Gasteiger partial charge in [-0.05, 0) is 73.7 Å². The minimum Gasteiger partial charge on any atom is -0.339 e. The predicted octanol–water partition coefficient (Wildman–Crippen LogP) is 4.32. The van der Waals surface area contributed by atoms with Crippen LogP contribution in [0, 0.1) is 12.8 Å². The Labute approximate surface area is 165 Å². The van der Waals surface area contributed by atoms with E-state index in [2.05, 4.69) is 11.6 Å². The molecule has 0 saturated carbocycles. The molecule has 0 bridgehead atoms. The van der Waals surface area contributed by atoms with Crippen LogP contribution in [0.15, 0.2) is 47.4 Å². The molecule has 144 valence electrons. The minimum atomic E-state index is -3.72. The molecule has 27 heavy (non-hydrogen) atoms. The van der Waals surface area contributed by atoms with Gasteiger partial charge in [-0.15, -0.1) is 0 Å². The van der Waals surface area contributed by atoms with Crippen molar-refractivity contribution < 1.29 is 13.2 Å². The summed E-state index contributed by atoms with van der Waals surface area (Å²) < 4.78 is 27.6. The number of halogens is 1. The maximum Gasteiger partial charge on any atom is 0.261 e. The number of sulfonamides is 1. The van der Waals surface area contributed by atoms with E-state index >= 15 is 0 Å². The van der Waals surface area contributed by atoms with E-state index in [1.54, 1.807) is 25.1 Å². The van der Waals surface area contributed by atoms with Gasteiger partial charge >= 0.3 is 0 Å². The number of aryl methyl sites for hydroxylation is 1. The molecular formula is C20H23ClN2O3S. The SMILES string of the molecule is Cc1cc(C(=O)N2CCC(C)CC2)ccc1NS(=O)(=O)c1ccc(Cl)cc1. The number of carbonyl (C=O) groups excluding carboxylic acids is 1. The molecule has 1 aliphatic heterocycles. The summed E-state index contributed by atoms with van der Waals surface area (Å²) in [6, 6.07) is 11.0. The molecule has 2 aromatic rings. The lowest BCUT2D eigenvalue weighted by Gasteiger charge is -2.30. The van der Waals surface area contributed by atoms with Crippen LogP contribution in [0.5, 0.6) is 0 Å². The van der Waals surface area contributed by atoms with Gasteiger partial charge in [0, 0.05) is 23.7 Å². The molecule has 2 aromatic carbocycles. The maximum absolute atomic E-state index is 12.7. The van der Waals surface area contributed by atoms with E-state index in [4.69, 9.17) is 11.6 Å². The third-order valence-corrected chi connectivity index (χ3v) is 6.55. The van der Waals surface area contributed by atoms with Crippen LogP contribution in [-0.4, -0.2) is 32.3 Å². The Bertz CT molecular complexity index is 934. The summed E-state index contributed by atoms with van der Waals surface area (Å²) >= 11 is 5.82. The Morgan fingerprint density at radius 3 is 2.33 bits per heavy atom. The van der Waals surface area contributed by atoms with Gasteiger partial charge in [0.05, 0.1) is 10.6 Å². The summed E-state index contributed by atoms with van der Waals surface area (Å²) in [6.45, 7) is 5.52. The van der Waals surface area contributed by atoms with Gasteiger partial charge in [-0.1, -0.05) is 18.5 Å². The van der Waals surface area contributed by atoms with Crippen LogP contribution < -0.4 is 4.72 Å². The van der Waals surface area contributed by atoms with Crippen molar-refractivity contribution in [2.75, 3.05) is 17.8 Å². The van der Waals surface area contributed by atoms with Crippen molar-refractivity contribution in [3.63, 3.8) is 0 Å². The Balaban J connectivity index is 1.76. The Morgan fingerprint density at radius 1 is 1.11 bits per heavy atom. The number of piperidine rings is 1. The third kappa shape index (κ3) is 4.62. The van der Waals surface area contributed by atoms with E-state index in [0.717, 1.165) is 25.9 Å². The first-order chi connectivity index (χ1) is 12.8. The first-order valence-electron chi connectivity index (χ1n) is 8.94. The third-order valence-electron chi connectivity index (χ3n) is 4.91. The van der Waals surface area contributed by atoms with E-state index in [-0.39, 0.29) is 10.8 Å². The van der Waals surface area contributed by atoms with Crippen LogP contribution in [-0.2, 0) is 10.0 Å². The quantitative estimate of drug-likeness (QED) is 0.822. The molecule has 0 atom stereocenters. The fourth-order valence-corrected chi connectivity index (χ4v) is 4.38. The highest BCUT2D eigenvalue weighted by Gasteiger charge is 2.22. The molecule has 3 rings (SSSR count). The smallest absolute Gasteiger partial charge is 0.261 e. The number of carbonyl (C=O) groups is 1. The van der Waals surface area contributed by atoms with Crippen LogP contribution in [0.3, 0.4) is 0 Å². The number of benzene rings is 2. The predicted molar refractivity (Wildman–Crippen MR) is 108 cm³/mol. The zero-order valence-corrected chi connectivity index (χ0v) is 17.0. The lowest BCUT2D eigenvalue weighted by molar-refractivity contribution is 0.0697. The molecule has 1 fully saturated rings. The number of rotatable bonds is 4. The molecule has 1 heterocycles. The number of nitrogens with zero attached hydrogens (tertiary/aromatic N) is 1. The zero-order chi connectivity index (χ0) is 19.6. The number of anilines is 1. The normalized spacial score (nSPS) is 15.6. The second-order valence-electron chi connectivity index (χ2n) is 7.06. The number of hydrogen-bond acceptors (Lipinski definition) is 3. The molecule has 0 aromatic heterocycles. The first kappa shape index (κ1) is 19.7. The first-order valence-corrected chi connectivity index (χ1v) is 10.8. The van der Waals surface area contributed by atoms with Gasteiger partial charge in [-0.2, -0.15) is 0 Å². The van der Waals surface area contributed by atoms with Crippen molar-refractivity contribution in [2.45, 2.75) is 31.6 Å². The Morgan fingerprint density at radius 2 is 1.74 bits per heavy atom. The van der Waals surface area contributed by atoms with Crippen molar-refractivity contribution in [3.05, 3.63) is 58.6 Å². The topological polar surface area (TPSA) is 66.5 Å². The molecule has 5 nitrogen and oxygen atoms in total. The van der Waals surface area contributed by atoms with Gasteiger partial charge in [0.1, 0.15) is 0 Å². The van der Waals surface area contributed by atoms with Crippen LogP contribution in [0.25, 0.3) is 0 Å². The summed E-state index contributed by atoms with van der Waals surface area (Å²) in [4.78, 5) is 14.7. The van der Waals surface area contributed by atoms with Crippen molar-refractivity contribution in [3.8, 4) is 0 Å². The summed E-state index contributed by atoms with van der Waals surface area (Å²) in [7, 11) is -3.72. The average molecular weight is 407 g/mol. The molecule has 1 aliphatic rings. The summed E-state index contributed by atoms with van der Waals surface area (Å²) in [5, 5.41) is 0.472. The average Bonchev–Trinajstić information content (AvgIpc) is 2.64. The van der Waals surface area contributed by atoms with Crippen LogP contribution in [0.4, 0.5) is 5.69 Å². The lowest BCUT2D eigenvalue weighted by Crippen LogP contribution is -2.37. The van der Waals surface area contributed by atoms with Gasteiger partial charge in [-0.3, -0.25) is 9.52 Å². The molecular weight excluding hydrogens is 384 g/mol. The van der Waals surface area contributed by atoms with Gasteiger partial charge < -0.3 is 4.90 Å². The van der Waals surface area contributed by atoms with E-state index in [9.17, 15) is 13.2 Å². The highest BCUT2D eigenvalue weighted by Crippen LogP contribution is 2.24.